The highest BCUT2D eigenvalue weighted by molar-refractivity contribution is 4.91. The molecule has 1 aliphatic rings. The smallest absolute Gasteiger partial charge is 0.0320 e. The van der Waals surface area contributed by atoms with Gasteiger partial charge in [0.05, 0.1) is 0 Å². The molecule has 0 bridgehead atoms. The van der Waals surface area contributed by atoms with E-state index < -0.39 is 0 Å². The molecule has 0 nitrogen and oxygen atoms in total. The Kier molecular flexibility index (Phi) is 3.43. The van der Waals surface area contributed by atoms with Crippen molar-refractivity contribution in [3.8, 4) is 0 Å². The molecule has 0 aliphatic heterocycles. The lowest BCUT2D eigenvalue weighted by Gasteiger charge is -2.48. The SMILES string of the molecule is CC(C)CCC1(C)CC(C(C)C)C1. The summed E-state index contributed by atoms with van der Waals surface area (Å²) in [6, 6.07) is 0. The van der Waals surface area contributed by atoms with Gasteiger partial charge in [0.25, 0.3) is 0 Å². The molecule has 0 heteroatoms. The van der Waals surface area contributed by atoms with Crippen molar-refractivity contribution in [2.24, 2.45) is 23.2 Å². The van der Waals surface area contributed by atoms with Crippen LogP contribution in [0.25, 0.3) is 0 Å². The molecule has 0 aromatic rings. The highest BCUT2D eigenvalue weighted by Crippen LogP contribution is 2.51. The lowest BCUT2D eigenvalue weighted by Crippen LogP contribution is -2.37. The summed E-state index contributed by atoms with van der Waals surface area (Å²) in [5, 5.41) is 0. The first-order chi connectivity index (χ1) is 5.93. The lowest BCUT2D eigenvalue weighted by molar-refractivity contribution is 0.0303. The molecular weight excluding hydrogens is 156 g/mol. The van der Waals surface area contributed by atoms with Crippen molar-refractivity contribution in [1.82, 2.24) is 0 Å². The summed E-state index contributed by atoms with van der Waals surface area (Å²) >= 11 is 0. The van der Waals surface area contributed by atoms with Gasteiger partial charge in [-0.1, -0.05) is 41.0 Å². The van der Waals surface area contributed by atoms with Gasteiger partial charge in [0, 0.05) is 0 Å². The van der Waals surface area contributed by atoms with Crippen LogP contribution in [0.15, 0.2) is 0 Å². The van der Waals surface area contributed by atoms with Crippen LogP contribution >= 0.6 is 0 Å². The summed E-state index contributed by atoms with van der Waals surface area (Å²) in [6.45, 7) is 11.9. The molecule has 0 amide bonds. The minimum Gasteiger partial charge on any atom is -0.0628 e. The molecule has 1 rings (SSSR count). The van der Waals surface area contributed by atoms with Gasteiger partial charge in [-0.15, -0.1) is 0 Å². The molecule has 0 unspecified atom stereocenters. The van der Waals surface area contributed by atoms with Crippen molar-refractivity contribution in [2.75, 3.05) is 0 Å². The quantitative estimate of drug-likeness (QED) is 0.600. The Morgan fingerprint density at radius 3 is 2.08 bits per heavy atom. The average Bonchev–Trinajstić information content (AvgIpc) is 1.95. The monoisotopic (exact) mass is 182 g/mol. The summed E-state index contributed by atoms with van der Waals surface area (Å²) in [5.41, 5.74) is 0.708. The van der Waals surface area contributed by atoms with Crippen LogP contribution in [0.2, 0.25) is 0 Å². The fourth-order valence-corrected chi connectivity index (χ4v) is 2.52. The highest BCUT2D eigenvalue weighted by Gasteiger charge is 2.40. The molecule has 0 radical (unpaired) electrons. The van der Waals surface area contributed by atoms with Crippen LogP contribution in [0.1, 0.15) is 60.3 Å². The third-order valence-electron chi connectivity index (χ3n) is 3.78. The van der Waals surface area contributed by atoms with Gasteiger partial charge >= 0.3 is 0 Å². The maximum absolute atomic E-state index is 2.48. The third-order valence-corrected chi connectivity index (χ3v) is 3.78. The van der Waals surface area contributed by atoms with Gasteiger partial charge in [0.1, 0.15) is 0 Å². The van der Waals surface area contributed by atoms with E-state index in [0.717, 1.165) is 17.8 Å². The second-order valence-electron chi connectivity index (χ2n) is 6.16. The van der Waals surface area contributed by atoms with E-state index in [1.807, 2.05) is 0 Å². The Hall–Kier alpha value is 0. The number of hydrogen-bond donors (Lipinski definition) is 0. The average molecular weight is 182 g/mol. The molecule has 13 heavy (non-hydrogen) atoms. The van der Waals surface area contributed by atoms with Crippen molar-refractivity contribution in [1.29, 1.82) is 0 Å². The van der Waals surface area contributed by atoms with Crippen LogP contribution in [0.5, 0.6) is 0 Å². The van der Waals surface area contributed by atoms with Gasteiger partial charge in [0.15, 0.2) is 0 Å². The maximum atomic E-state index is 2.48. The summed E-state index contributed by atoms with van der Waals surface area (Å²) in [7, 11) is 0. The first-order valence-electron chi connectivity index (χ1n) is 5.93. The van der Waals surface area contributed by atoms with E-state index in [1.165, 1.54) is 25.7 Å². The van der Waals surface area contributed by atoms with Gasteiger partial charge in [-0.3, -0.25) is 0 Å². The summed E-state index contributed by atoms with van der Waals surface area (Å²) in [4.78, 5) is 0. The molecule has 0 atom stereocenters. The minimum atomic E-state index is 0.708. The molecule has 78 valence electrons. The van der Waals surface area contributed by atoms with Crippen molar-refractivity contribution >= 4 is 0 Å². The molecular formula is C13H26. The molecule has 0 heterocycles. The molecule has 0 spiro atoms. The second-order valence-corrected chi connectivity index (χ2v) is 6.16. The highest BCUT2D eigenvalue weighted by atomic mass is 14.5. The zero-order valence-electron chi connectivity index (χ0n) is 10.1. The first-order valence-corrected chi connectivity index (χ1v) is 5.93. The Balaban J connectivity index is 2.22. The Morgan fingerprint density at radius 2 is 1.69 bits per heavy atom. The first kappa shape index (κ1) is 11.1. The molecule has 1 saturated carbocycles. The van der Waals surface area contributed by atoms with Gasteiger partial charge in [-0.2, -0.15) is 0 Å². The van der Waals surface area contributed by atoms with Crippen molar-refractivity contribution in [2.45, 2.75) is 60.3 Å². The van der Waals surface area contributed by atoms with E-state index in [1.54, 1.807) is 0 Å². The normalized spacial score (nSPS) is 33.9. The second kappa shape index (κ2) is 4.02. The zero-order chi connectivity index (χ0) is 10.1. The van der Waals surface area contributed by atoms with Crippen LogP contribution in [0.3, 0.4) is 0 Å². The maximum Gasteiger partial charge on any atom is -0.0320 e. The fraction of sp³-hybridized carbons (Fsp3) is 1.00. The molecule has 0 saturated heterocycles. The lowest BCUT2D eigenvalue weighted by atomic mass is 9.58. The summed E-state index contributed by atoms with van der Waals surface area (Å²) < 4.78 is 0. The van der Waals surface area contributed by atoms with Gasteiger partial charge in [-0.05, 0) is 42.4 Å². The number of hydrogen-bond acceptors (Lipinski definition) is 0. The van der Waals surface area contributed by atoms with Crippen molar-refractivity contribution < 1.29 is 0 Å². The van der Waals surface area contributed by atoms with E-state index in [4.69, 9.17) is 0 Å². The molecule has 0 aromatic heterocycles. The third kappa shape index (κ3) is 3.00. The fourth-order valence-electron chi connectivity index (χ4n) is 2.52. The summed E-state index contributed by atoms with van der Waals surface area (Å²) in [5.74, 6) is 2.82. The number of rotatable bonds is 4. The van der Waals surface area contributed by atoms with Crippen molar-refractivity contribution in [3.63, 3.8) is 0 Å². The Morgan fingerprint density at radius 1 is 1.15 bits per heavy atom. The predicted octanol–water partition coefficient (Wildman–Crippen LogP) is 4.49. The van der Waals surface area contributed by atoms with E-state index >= 15 is 0 Å². The van der Waals surface area contributed by atoms with Crippen LogP contribution in [0.4, 0.5) is 0 Å². The van der Waals surface area contributed by atoms with Gasteiger partial charge in [0.2, 0.25) is 0 Å². The van der Waals surface area contributed by atoms with E-state index in [2.05, 4.69) is 34.6 Å². The molecule has 0 N–H and O–H groups in total. The standard InChI is InChI=1S/C13H26/c1-10(2)6-7-13(5)8-12(9-13)11(3)4/h10-12H,6-9H2,1-5H3. The van der Waals surface area contributed by atoms with Crippen LogP contribution in [-0.4, -0.2) is 0 Å². The summed E-state index contributed by atoms with van der Waals surface area (Å²) in [6.07, 6.45) is 5.84. The van der Waals surface area contributed by atoms with Crippen molar-refractivity contribution in [3.05, 3.63) is 0 Å². The topological polar surface area (TPSA) is 0 Å². The predicted molar refractivity (Wildman–Crippen MR) is 59.7 cm³/mol. The Labute approximate surface area is 84.1 Å². The Bertz CT molecular complexity index is 144. The van der Waals surface area contributed by atoms with E-state index in [0.29, 0.717) is 5.41 Å². The van der Waals surface area contributed by atoms with Crippen LogP contribution in [-0.2, 0) is 0 Å². The zero-order valence-corrected chi connectivity index (χ0v) is 10.1. The molecule has 1 fully saturated rings. The van der Waals surface area contributed by atoms with E-state index in [9.17, 15) is 0 Å². The molecule has 1 aliphatic carbocycles. The van der Waals surface area contributed by atoms with E-state index in [-0.39, 0.29) is 0 Å². The van der Waals surface area contributed by atoms with Gasteiger partial charge in [-0.25, -0.2) is 0 Å². The van der Waals surface area contributed by atoms with Crippen LogP contribution < -0.4 is 0 Å². The van der Waals surface area contributed by atoms with Crippen LogP contribution in [0, 0.1) is 23.2 Å². The van der Waals surface area contributed by atoms with Gasteiger partial charge < -0.3 is 0 Å². The molecule has 0 aromatic carbocycles. The minimum absolute atomic E-state index is 0.708. The largest absolute Gasteiger partial charge is 0.0628 e.